The third kappa shape index (κ3) is 3.66. The van der Waals surface area contributed by atoms with E-state index in [1.807, 2.05) is 0 Å². The third-order valence-electron chi connectivity index (χ3n) is 5.99. The average molecular weight is 377 g/mol. The molecule has 1 aliphatic carbocycles. The van der Waals surface area contributed by atoms with Gasteiger partial charge in [-0.3, -0.25) is 14.6 Å². The number of carbonyl (C=O) groups is 2. The second-order valence-electron chi connectivity index (χ2n) is 9.42. The van der Waals surface area contributed by atoms with Gasteiger partial charge in [-0.2, -0.15) is 0 Å². The molecule has 0 spiro atoms. The molecule has 1 aliphatic heterocycles. The third-order valence-corrected chi connectivity index (χ3v) is 5.99. The summed E-state index contributed by atoms with van der Waals surface area (Å²) < 4.78 is 0. The number of amides is 2. The lowest BCUT2D eigenvalue weighted by Crippen LogP contribution is -2.37. The van der Waals surface area contributed by atoms with Crippen molar-refractivity contribution in [2.24, 2.45) is 10.8 Å². The highest BCUT2D eigenvalue weighted by Crippen LogP contribution is 2.52. The summed E-state index contributed by atoms with van der Waals surface area (Å²) in [4.78, 5) is 31.4. The van der Waals surface area contributed by atoms with Crippen molar-refractivity contribution < 1.29 is 9.59 Å². The number of benzene rings is 1. The number of carbonyl (C=O) groups excluding carboxylic acids is 2. The standard InChI is InChI=1S/C23H27N3O2/c1-22(2)11-19-12-23(3,14-22)15-26(19)21(28)16-6-8-18(9-7-16)25-20(27)17-5-4-10-24-13-17/h4-10,13,19H,11-12,14-15H2,1-3H3,(H,25,27). The lowest BCUT2D eigenvalue weighted by Gasteiger charge is -2.39. The minimum Gasteiger partial charge on any atom is -0.335 e. The number of aromatic nitrogens is 1. The van der Waals surface area contributed by atoms with E-state index in [9.17, 15) is 9.59 Å². The Kier molecular flexibility index (Phi) is 4.48. The largest absolute Gasteiger partial charge is 0.335 e. The van der Waals surface area contributed by atoms with Crippen molar-refractivity contribution in [3.63, 3.8) is 0 Å². The number of fused-ring (bicyclic) bond motifs is 2. The second kappa shape index (κ2) is 6.73. The number of rotatable bonds is 3. The molecule has 1 saturated heterocycles. The maximum absolute atomic E-state index is 13.1. The Hall–Kier alpha value is -2.69. The number of nitrogens with one attached hydrogen (secondary N) is 1. The van der Waals surface area contributed by atoms with Gasteiger partial charge in [0.1, 0.15) is 0 Å². The fraction of sp³-hybridized carbons (Fsp3) is 0.435. The summed E-state index contributed by atoms with van der Waals surface area (Å²) >= 11 is 0. The number of hydrogen-bond donors (Lipinski definition) is 1. The van der Waals surface area contributed by atoms with Crippen molar-refractivity contribution in [1.29, 1.82) is 0 Å². The minimum absolute atomic E-state index is 0.0940. The number of nitrogens with zero attached hydrogens (tertiary/aromatic N) is 2. The van der Waals surface area contributed by atoms with Gasteiger partial charge in [0.2, 0.25) is 0 Å². The molecular formula is C23H27N3O2. The maximum atomic E-state index is 13.1. The molecule has 2 atom stereocenters. The molecule has 2 aromatic rings. The van der Waals surface area contributed by atoms with Crippen molar-refractivity contribution in [2.45, 2.75) is 46.1 Å². The molecule has 1 saturated carbocycles. The van der Waals surface area contributed by atoms with E-state index in [0.29, 0.717) is 22.9 Å². The highest BCUT2D eigenvalue weighted by atomic mass is 16.2. The number of anilines is 1. The highest BCUT2D eigenvalue weighted by Gasteiger charge is 2.50. The molecule has 2 unspecified atom stereocenters. The molecule has 5 heteroatoms. The normalized spacial score (nSPS) is 25.4. The van der Waals surface area contributed by atoms with Crippen LogP contribution in [0.2, 0.25) is 0 Å². The number of likely N-dealkylation sites (tertiary alicyclic amines) is 1. The summed E-state index contributed by atoms with van der Waals surface area (Å²) in [5.41, 5.74) is 2.35. The van der Waals surface area contributed by atoms with Crippen molar-refractivity contribution in [1.82, 2.24) is 9.88 Å². The van der Waals surface area contributed by atoms with Crippen molar-refractivity contribution in [2.75, 3.05) is 11.9 Å². The first-order valence-electron chi connectivity index (χ1n) is 9.87. The molecule has 2 aliphatic rings. The second-order valence-corrected chi connectivity index (χ2v) is 9.42. The van der Waals surface area contributed by atoms with E-state index >= 15 is 0 Å². The van der Waals surface area contributed by atoms with Crippen LogP contribution < -0.4 is 5.32 Å². The zero-order valence-electron chi connectivity index (χ0n) is 16.7. The summed E-state index contributed by atoms with van der Waals surface area (Å²) in [5.74, 6) is -0.118. The minimum atomic E-state index is -0.212. The molecule has 1 aromatic carbocycles. The summed E-state index contributed by atoms with van der Waals surface area (Å²) in [6, 6.07) is 10.9. The first kappa shape index (κ1) is 18.7. The van der Waals surface area contributed by atoms with Crippen LogP contribution in [0.4, 0.5) is 5.69 Å². The first-order chi connectivity index (χ1) is 13.2. The molecule has 1 aromatic heterocycles. The van der Waals surface area contributed by atoms with Crippen LogP contribution in [-0.4, -0.2) is 34.3 Å². The van der Waals surface area contributed by atoms with Crippen molar-refractivity contribution in [3.05, 3.63) is 59.9 Å². The average Bonchev–Trinajstić information content (AvgIpc) is 2.91. The van der Waals surface area contributed by atoms with Crippen LogP contribution in [0.25, 0.3) is 0 Å². The summed E-state index contributed by atoms with van der Waals surface area (Å²) in [7, 11) is 0. The number of hydrogen-bond acceptors (Lipinski definition) is 3. The molecule has 0 radical (unpaired) electrons. The van der Waals surface area contributed by atoms with Gasteiger partial charge in [-0.25, -0.2) is 0 Å². The van der Waals surface area contributed by atoms with Crippen LogP contribution in [0.15, 0.2) is 48.8 Å². The molecule has 4 rings (SSSR count). The van der Waals surface area contributed by atoms with Crippen LogP contribution in [0, 0.1) is 10.8 Å². The maximum Gasteiger partial charge on any atom is 0.257 e. The number of pyridine rings is 1. The zero-order valence-corrected chi connectivity index (χ0v) is 16.7. The van der Waals surface area contributed by atoms with Crippen LogP contribution >= 0.6 is 0 Å². The van der Waals surface area contributed by atoms with Gasteiger partial charge in [-0.1, -0.05) is 20.8 Å². The zero-order chi connectivity index (χ0) is 19.9. The molecule has 5 nitrogen and oxygen atoms in total. The van der Waals surface area contributed by atoms with Gasteiger partial charge < -0.3 is 10.2 Å². The predicted molar refractivity (Wildman–Crippen MR) is 109 cm³/mol. The molecule has 2 amide bonds. The lowest BCUT2D eigenvalue weighted by molar-refractivity contribution is 0.0708. The van der Waals surface area contributed by atoms with Gasteiger partial charge in [0.05, 0.1) is 5.56 Å². The van der Waals surface area contributed by atoms with E-state index in [1.165, 1.54) is 12.6 Å². The molecule has 2 bridgehead atoms. The smallest absolute Gasteiger partial charge is 0.257 e. The first-order valence-corrected chi connectivity index (χ1v) is 9.87. The van der Waals surface area contributed by atoms with Crippen LogP contribution in [0.1, 0.15) is 60.7 Å². The molecular weight excluding hydrogens is 350 g/mol. The fourth-order valence-electron chi connectivity index (χ4n) is 5.26. The Morgan fingerprint density at radius 3 is 2.50 bits per heavy atom. The van der Waals surface area contributed by atoms with Crippen LogP contribution in [0.5, 0.6) is 0 Å². The Balaban J connectivity index is 1.46. The van der Waals surface area contributed by atoms with E-state index in [1.54, 1.807) is 42.6 Å². The summed E-state index contributed by atoms with van der Waals surface area (Å²) in [6.07, 6.45) is 6.49. The van der Waals surface area contributed by atoms with E-state index < -0.39 is 0 Å². The van der Waals surface area contributed by atoms with Crippen LogP contribution in [0.3, 0.4) is 0 Å². The summed E-state index contributed by atoms with van der Waals surface area (Å²) in [6.45, 7) is 7.76. The topological polar surface area (TPSA) is 62.3 Å². The Morgan fingerprint density at radius 1 is 1.07 bits per heavy atom. The van der Waals surface area contributed by atoms with Gasteiger partial charge in [0, 0.05) is 36.2 Å². The van der Waals surface area contributed by atoms with Gasteiger partial charge in [-0.15, -0.1) is 0 Å². The molecule has 1 N–H and O–H groups in total. The van der Waals surface area contributed by atoms with Crippen molar-refractivity contribution >= 4 is 17.5 Å². The molecule has 28 heavy (non-hydrogen) atoms. The van der Waals surface area contributed by atoms with Gasteiger partial charge in [-0.05, 0) is 66.5 Å². The Labute approximate surface area is 166 Å². The van der Waals surface area contributed by atoms with Gasteiger partial charge in [0.25, 0.3) is 11.8 Å². The monoisotopic (exact) mass is 377 g/mol. The van der Waals surface area contributed by atoms with E-state index in [4.69, 9.17) is 0 Å². The van der Waals surface area contributed by atoms with Gasteiger partial charge >= 0.3 is 0 Å². The summed E-state index contributed by atoms with van der Waals surface area (Å²) in [5, 5.41) is 2.84. The molecule has 2 fully saturated rings. The molecule has 2 heterocycles. The Bertz CT molecular complexity index is 892. The van der Waals surface area contributed by atoms with E-state index in [0.717, 1.165) is 19.4 Å². The van der Waals surface area contributed by atoms with Gasteiger partial charge in [0.15, 0.2) is 0 Å². The highest BCUT2D eigenvalue weighted by molar-refractivity contribution is 6.04. The predicted octanol–water partition coefficient (Wildman–Crippen LogP) is 4.37. The van der Waals surface area contributed by atoms with Crippen molar-refractivity contribution in [3.8, 4) is 0 Å². The van der Waals surface area contributed by atoms with E-state index in [2.05, 4.69) is 36.0 Å². The lowest BCUT2D eigenvalue weighted by atomic mass is 9.65. The molecule has 146 valence electrons. The van der Waals surface area contributed by atoms with Crippen LogP contribution in [-0.2, 0) is 0 Å². The Morgan fingerprint density at radius 2 is 1.82 bits per heavy atom. The fourth-order valence-corrected chi connectivity index (χ4v) is 5.26. The quantitative estimate of drug-likeness (QED) is 0.864. The SMILES string of the molecule is CC1(C)CC2CC(C)(CN2C(=O)c2ccc(NC(=O)c3cccnc3)cc2)C1. The van der Waals surface area contributed by atoms with E-state index in [-0.39, 0.29) is 22.6 Å².